The molecular weight excluding hydrogens is 280 g/mol. The van der Waals surface area contributed by atoms with E-state index in [1.165, 1.54) is 0 Å². The van der Waals surface area contributed by atoms with Gasteiger partial charge in [-0.2, -0.15) is 0 Å². The highest BCUT2D eigenvalue weighted by atomic mass is 16.5. The van der Waals surface area contributed by atoms with E-state index in [4.69, 9.17) is 9.47 Å². The van der Waals surface area contributed by atoms with E-state index in [1.807, 2.05) is 43.3 Å². The zero-order valence-electron chi connectivity index (χ0n) is 12.8. The summed E-state index contributed by atoms with van der Waals surface area (Å²) in [6.07, 6.45) is 0.572. The Hall–Kier alpha value is -2.49. The van der Waals surface area contributed by atoms with Gasteiger partial charge in [0.15, 0.2) is 0 Å². The Bertz CT molecular complexity index is 635. The summed E-state index contributed by atoms with van der Waals surface area (Å²) >= 11 is 0. The van der Waals surface area contributed by atoms with Crippen LogP contribution in [0.4, 0.5) is 0 Å². The molecule has 0 bridgehead atoms. The molecule has 4 nitrogen and oxygen atoms in total. The van der Waals surface area contributed by atoms with Crippen LogP contribution in [0.1, 0.15) is 23.1 Å². The van der Waals surface area contributed by atoms with Gasteiger partial charge in [0.2, 0.25) is 0 Å². The van der Waals surface area contributed by atoms with E-state index < -0.39 is 0 Å². The van der Waals surface area contributed by atoms with Crippen molar-refractivity contribution in [1.82, 2.24) is 0 Å². The highest BCUT2D eigenvalue weighted by molar-refractivity contribution is 5.70. The van der Waals surface area contributed by atoms with Gasteiger partial charge in [-0.25, -0.2) is 0 Å². The third-order valence-corrected chi connectivity index (χ3v) is 3.37. The summed E-state index contributed by atoms with van der Waals surface area (Å²) < 4.78 is 10.5. The molecule has 0 aromatic heterocycles. The number of aryl methyl sites for hydroxylation is 1. The summed E-state index contributed by atoms with van der Waals surface area (Å²) in [6, 6.07) is 13.0. The minimum atomic E-state index is -0.300. The molecular formula is C18H20O4. The SMILES string of the molecule is COc1cc(C)cc(O)c1CCC(=O)OCc1ccccc1. The molecule has 0 amide bonds. The van der Waals surface area contributed by atoms with Gasteiger partial charge in [-0.15, -0.1) is 0 Å². The summed E-state index contributed by atoms with van der Waals surface area (Å²) in [6.45, 7) is 2.14. The van der Waals surface area contributed by atoms with Gasteiger partial charge in [0.25, 0.3) is 0 Å². The van der Waals surface area contributed by atoms with Gasteiger partial charge in [-0.05, 0) is 36.6 Å². The monoisotopic (exact) mass is 300 g/mol. The first-order valence-electron chi connectivity index (χ1n) is 7.16. The Morgan fingerprint density at radius 1 is 1.18 bits per heavy atom. The molecule has 0 saturated heterocycles. The lowest BCUT2D eigenvalue weighted by Gasteiger charge is -2.11. The normalized spacial score (nSPS) is 10.3. The molecule has 0 spiro atoms. The van der Waals surface area contributed by atoms with Crippen molar-refractivity contribution in [2.45, 2.75) is 26.4 Å². The second-order valence-corrected chi connectivity index (χ2v) is 5.11. The van der Waals surface area contributed by atoms with Crippen LogP contribution in [0.5, 0.6) is 11.5 Å². The second kappa shape index (κ2) is 7.50. The van der Waals surface area contributed by atoms with Gasteiger partial charge in [-0.1, -0.05) is 30.3 Å². The average Bonchev–Trinajstić information content (AvgIpc) is 2.52. The molecule has 0 aliphatic carbocycles. The van der Waals surface area contributed by atoms with Gasteiger partial charge in [0.05, 0.1) is 7.11 Å². The number of phenols is 1. The molecule has 0 unspecified atom stereocenters. The van der Waals surface area contributed by atoms with Crippen LogP contribution in [-0.2, 0) is 22.6 Å². The fraction of sp³-hybridized carbons (Fsp3) is 0.278. The topological polar surface area (TPSA) is 55.8 Å². The molecule has 0 saturated carbocycles. The zero-order chi connectivity index (χ0) is 15.9. The second-order valence-electron chi connectivity index (χ2n) is 5.11. The number of hydrogen-bond donors (Lipinski definition) is 1. The number of rotatable bonds is 6. The van der Waals surface area contributed by atoms with Crippen LogP contribution < -0.4 is 4.74 Å². The predicted molar refractivity (Wildman–Crippen MR) is 84.0 cm³/mol. The molecule has 2 rings (SSSR count). The van der Waals surface area contributed by atoms with Gasteiger partial charge >= 0.3 is 5.97 Å². The molecule has 22 heavy (non-hydrogen) atoms. The van der Waals surface area contributed by atoms with Crippen molar-refractivity contribution in [2.75, 3.05) is 7.11 Å². The van der Waals surface area contributed by atoms with E-state index in [0.717, 1.165) is 11.1 Å². The zero-order valence-corrected chi connectivity index (χ0v) is 12.8. The number of methoxy groups -OCH3 is 1. The lowest BCUT2D eigenvalue weighted by Crippen LogP contribution is -2.06. The number of ether oxygens (including phenoxy) is 2. The number of benzene rings is 2. The molecule has 0 fully saturated rings. The van der Waals surface area contributed by atoms with Crippen molar-refractivity contribution in [2.24, 2.45) is 0 Å². The Kier molecular flexibility index (Phi) is 5.42. The quantitative estimate of drug-likeness (QED) is 0.831. The number of phenolic OH excluding ortho intramolecular Hbond substituents is 1. The minimum absolute atomic E-state index is 0.146. The standard InChI is InChI=1S/C18H20O4/c1-13-10-16(19)15(17(11-13)21-2)8-9-18(20)22-12-14-6-4-3-5-7-14/h3-7,10-11,19H,8-9,12H2,1-2H3. The van der Waals surface area contributed by atoms with Gasteiger partial charge in [0.1, 0.15) is 18.1 Å². The summed E-state index contributed by atoms with van der Waals surface area (Å²) in [7, 11) is 1.55. The first kappa shape index (κ1) is 15.9. The molecule has 2 aromatic carbocycles. The smallest absolute Gasteiger partial charge is 0.306 e. The Morgan fingerprint density at radius 2 is 1.91 bits per heavy atom. The number of aromatic hydroxyl groups is 1. The molecule has 0 aliphatic heterocycles. The summed E-state index contributed by atoms with van der Waals surface area (Å²) in [5.74, 6) is 0.437. The van der Waals surface area contributed by atoms with Crippen LogP contribution in [0.2, 0.25) is 0 Å². The van der Waals surface area contributed by atoms with Crippen LogP contribution >= 0.6 is 0 Å². The number of hydrogen-bond acceptors (Lipinski definition) is 4. The average molecular weight is 300 g/mol. The lowest BCUT2D eigenvalue weighted by molar-refractivity contribution is -0.144. The van der Waals surface area contributed by atoms with E-state index in [2.05, 4.69) is 0 Å². The van der Waals surface area contributed by atoms with E-state index in [9.17, 15) is 9.90 Å². The van der Waals surface area contributed by atoms with Crippen molar-refractivity contribution >= 4 is 5.97 Å². The van der Waals surface area contributed by atoms with Crippen LogP contribution in [-0.4, -0.2) is 18.2 Å². The molecule has 0 radical (unpaired) electrons. The molecule has 0 aliphatic rings. The van der Waals surface area contributed by atoms with Gasteiger partial charge < -0.3 is 14.6 Å². The van der Waals surface area contributed by atoms with Crippen LogP contribution in [0.15, 0.2) is 42.5 Å². The van der Waals surface area contributed by atoms with Crippen molar-refractivity contribution < 1.29 is 19.4 Å². The fourth-order valence-corrected chi connectivity index (χ4v) is 2.24. The summed E-state index contributed by atoms with van der Waals surface area (Å²) in [4.78, 5) is 11.8. The third-order valence-electron chi connectivity index (χ3n) is 3.37. The van der Waals surface area contributed by atoms with Crippen molar-refractivity contribution in [3.63, 3.8) is 0 Å². The van der Waals surface area contributed by atoms with Crippen LogP contribution in [0.3, 0.4) is 0 Å². The molecule has 0 atom stereocenters. The van der Waals surface area contributed by atoms with Crippen LogP contribution in [0.25, 0.3) is 0 Å². The Balaban J connectivity index is 1.91. The molecule has 116 valence electrons. The highest BCUT2D eigenvalue weighted by Crippen LogP contribution is 2.30. The van der Waals surface area contributed by atoms with Gasteiger partial charge in [-0.3, -0.25) is 4.79 Å². The number of esters is 1. The largest absolute Gasteiger partial charge is 0.508 e. The van der Waals surface area contributed by atoms with Crippen molar-refractivity contribution in [3.8, 4) is 11.5 Å². The summed E-state index contributed by atoms with van der Waals surface area (Å²) in [5.41, 5.74) is 2.49. The molecule has 0 heterocycles. The Labute approximate surface area is 130 Å². The first-order chi connectivity index (χ1) is 10.6. The van der Waals surface area contributed by atoms with Crippen LogP contribution in [0, 0.1) is 6.92 Å². The highest BCUT2D eigenvalue weighted by Gasteiger charge is 2.13. The van der Waals surface area contributed by atoms with Gasteiger partial charge in [0, 0.05) is 12.0 Å². The lowest BCUT2D eigenvalue weighted by atomic mass is 10.0. The van der Waals surface area contributed by atoms with Crippen molar-refractivity contribution in [3.05, 3.63) is 59.2 Å². The maximum absolute atomic E-state index is 11.8. The maximum atomic E-state index is 11.8. The summed E-state index contributed by atoms with van der Waals surface area (Å²) in [5, 5.41) is 9.99. The molecule has 2 aromatic rings. The van der Waals surface area contributed by atoms with Crippen molar-refractivity contribution in [1.29, 1.82) is 0 Å². The predicted octanol–water partition coefficient (Wildman–Crippen LogP) is 3.39. The van der Waals surface area contributed by atoms with E-state index >= 15 is 0 Å². The molecule has 4 heteroatoms. The third kappa shape index (κ3) is 4.25. The van der Waals surface area contributed by atoms with E-state index in [-0.39, 0.29) is 24.7 Å². The first-order valence-corrected chi connectivity index (χ1v) is 7.16. The number of carbonyl (C=O) groups excluding carboxylic acids is 1. The minimum Gasteiger partial charge on any atom is -0.508 e. The van der Waals surface area contributed by atoms with E-state index in [0.29, 0.717) is 17.7 Å². The maximum Gasteiger partial charge on any atom is 0.306 e. The van der Waals surface area contributed by atoms with E-state index in [1.54, 1.807) is 13.2 Å². The fourth-order valence-electron chi connectivity index (χ4n) is 2.24. The Morgan fingerprint density at radius 3 is 2.59 bits per heavy atom. The number of carbonyl (C=O) groups is 1. The molecule has 1 N–H and O–H groups in total.